The highest BCUT2D eigenvalue weighted by atomic mass is 16.4. The van der Waals surface area contributed by atoms with Crippen LogP contribution in [0.3, 0.4) is 0 Å². The number of aliphatic carboxylic acids is 1. The highest BCUT2D eigenvalue weighted by Crippen LogP contribution is 2.00. The summed E-state index contributed by atoms with van der Waals surface area (Å²) >= 11 is 0. The topological polar surface area (TPSA) is 86.4 Å². The quantitative estimate of drug-likeness (QED) is 0.499. The maximum atomic E-state index is 10.1. The number of rotatable bonds is 4. The minimum absolute atomic E-state index is 0.0286. The van der Waals surface area contributed by atoms with E-state index < -0.39 is 5.97 Å². The Hall–Kier alpha value is -1.72. The Labute approximate surface area is 67.8 Å². The second-order valence-corrected chi connectivity index (χ2v) is 2.26. The number of carboxylic acid groups (broad SMARTS) is 1. The summed E-state index contributed by atoms with van der Waals surface area (Å²) in [4.78, 5) is 22.7. The highest BCUT2D eigenvalue weighted by Gasteiger charge is 2.06. The van der Waals surface area contributed by atoms with Crippen molar-refractivity contribution in [3.63, 3.8) is 0 Å². The van der Waals surface area contributed by atoms with E-state index in [2.05, 4.69) is 10.2 Å². The van der Waals surface area contributed by atoms with Crippen LogP contribution >= 0.6 is 0 Å². The molecule has 1 rings (SSSR count). The van der Waals surface area contributed by atoms with Gasteiger partial charge in [-0.05, 0) is 0 Å². The van der Waals surface area contributed by atoms with E-state index in [-0.39, 0.29) is 12.2 Å². The third-order valence-electron chi connectivity index (χ3n) is 1.35. The third-order valence-corrected chi connectivity index (χ3v) is 1.35. The van der Waals surface area contributed by atoms with Gasteiger partial charge in [0.25, 0.3) is 5.82 Å². The lowest BCUT2D eigenvalue weighted by Gasteiger charge is -1.88. The Morgan fingerprint density at radius 1 is 1.75 bits per heavy atom. The van der Waals surface area contributed by atoms with Gasteiger partial charge in [0.2, 0.25) is 6.33 Å². The van der Waals surface area contributed by atoms with Crippen molar-refractivity contribution in [3.05, 3.63) is 17.4 Å². The van der Waals surface area contributed by atoms with Gasteiger partial charge in [0.05, 0.1) is 6.42 Å². The van der Waals surface area contributed by atoms with Crippen LogP contribution in [0, 0.1) is 4.91 Å². The molecule has 0 amide bonds. The number of aryl methyl sites for hydroxylation is 1. The van der Waals surface area contributed by atoms with Crippen LogP contribution in [-0.4, -0.2) is 16.1 Å². The fourth-order valence-corrected chi connectivity index (χ4v) is 0.784. The lowest BCUT2D eigenvalue weighted by Crippen LogP contribution is -2.31. The summed E-state index contributed by atoms with van der Waals surface area (Å²) in [5.41, 5.74) is 0. The second-order valence-electron chi connectivity index (χ2n) is 2.26. The molecule has 0 aliphatic heterocycles. The Bertz CT molecular complexity index is 294. The number of hydrogen-bond acceptors (Lipinski definition) is 3. The first kappa shape index (κ1) is 8.38. The van der Waals surface area contributed by atoms with Gasteiger partial charge in [-0.1, -0.05) is 0 Å². The molecule has 0 fully saturated rings. The fourth-order valence-electron chi connectivity index (χ4n) is 0.784. The molecule has 6 nitrogen and oxygen atoms in total. The first-order valence-corrected chi connectivity index (χ1v) is 3.35. The summed E-state index contributed by atoms with van der Waals surface area (Å²) in [5, 5.41) is 11.0. The van der Waals surface area contributed by atoms with Gasteiger partial charge in [0.15, 0.2) is 6.20 Å². The van der Waals surface area contributed by atoms with Crippen LogP contribution in [0.4, 0.5) is 5.82 Å². The normalized spacial score (nSPS) is 9.67. The van der Waals surface area contributed by atoms with Gasteiger partial charge >= 0.3 is 5.97 Å². The maximum absolute atomic E-state index is 10.1. The SMILES string of the molecule is O=Nc1c[n+](CCC(=O)O)c[nH]1. The second kappa shape index (κ2) is 3.61. The molecule has 0 saturated heterocycles. The van der Waals surface area contributed by atoms with Gasteiger partial charge in [0.1, 0.15) is 6.54 Å². The Kier molecular flexibility index (Phi) is 2.52. The van der Waals surface area contributed by atoms with Crippen LogP contribution in [-0.2, 0) is 11.3 Å². The van der Waals surface area contributed by atoms with E-state index in [0.717, 1.165) is 0 Å². The van der Waals surface area contributed by atoms with E-state index in [4.69, 9.17) is 5.11 Å². The highest BCUT2D eigenvalue weighted by molar-refractivity contribution is 5.66. The molecule has 0 bridgehead atoms. The van der Waals surface area contributed by atoms with Crippen molar-refractivity contribution < 1.29 is 14.5 Å². The average Bonchev–Trinajstić information content (AvgIpc) is 2.48. The predicted octanol–water partition coefficient (Wildman–Crippen LogP) is 0.175. The Balaban J connectivity index is 2.52. The minimum atomic E-state index is -0.871. The smallest absolute Gasteiger partial charge is 0.307 e. The minimum Gasteiger partial charge on any atom is -0.481 e. The zero-order chi connectivity index (χ0) is 8.97. The van der Waals surface area contributed by atoms with Crippen LogP contribution in [0.25, 0.3) is 0 Å². The van der Waals surface area contributed by atoms with E-state index >= 15 is 0 Å². The van der Waals surface area contributed by atoms with Crippen LogP contribution in [0.2, 0.25) is 0 Å². The van der Waals surface area contributed by atoms with Gasteiger partial charge in [-0.3, -0.25) is 4.79 Å². The Morgan fingerprint density at radius 2 is 2.50 bits per heavy atom. The molecular weight excluding hydrogens is 162 g/mol. The number of nitroso groups, excluding NO2 is 1. The number of nitrogens with one attached hydrogen (secondary N) is 1. The van der Waals surface area contributed by atoms with E-state index in [1.54, 1.807) is 4.57 Å². The standard InChI is InChI=1S/C6H7N3O3/c10-6(11)1-2-9-3-5(8-12)7-4-9/h3-4H,1-2H2,(H,10,11)/p+1. The molecule has 6 heteroatoms. The number of carboxylic acids is 1. The molecule has 1 heterocycles. The van der Waals surface area contributed by atoms with E-state index in [0.29, 0.717) is 6.54 Å². The molecular formula is C6H8N3O3+. The van der Waals surface area contributed by atoms with Crippen molar-refractivity contribution in [1.82, 2.24) is 4.98 Å². The van der Waals surface area contributed by atoms with Crippen molar-refractivity contribution in [3.8, 4) is 0 Å². The molecule has 2 N–H and O–H groups in total. The molecule has 0 spiro atoms. The van der Waals surface area contributed by atoms with Crippen molar-refractivity contribution in [1.29, 1.82) is 0 Å². The van der Waals surface area contributed by atoms with E-state index in [9.17, 15) is 9.70 Å². The molecule has 0 unspecified atom stereocenters. The van der Waals surface area contributed by atoms with Crippen molar-refractivity contribution in [2.75, 3.05) is 0 Å². The summed E-state index contributed by atoms with van der Waals surface area (Å²) in [6, 6.07) is 0. The van der Waals surface area contributed by atoms with E-state index in [1.165, 1.54) is 12.5 Å². The van der Waals surface area contributed by atoms with Gasteiger partial charge < -0.3 is 5.11 Å². The zero-order valence-corrected chi connectivity index (χ0v) is 6.23. The van der Waals surface area contributed by atoms with Crippen molar-refractivity contribution >= 4 is 11.8 Å². The number of imidazole rings is 1. The molecule has 64 valence electrons. The molecule has 1 aromatic rings. The number of aromatic nitrogens is 2. The monoisotopic (exact) mass is 170 g/mol. The third kappa shape index (κ3) is 2.15. The molecule has 1 aromatic heterocycles. The molecule has 0 aromatic carbocycles. The van der Waals surface area contributed by atoms with Gasteiger partial charge in [-0.15, -0.1) is 4.91 Å². The number of H-pyrrole nitrogens is 1. The first-order chi connectivity index (χ1) is 5.72. The molecule has 0 saturated carbocycles. The molecule has 0 radical (unpaired) electrons. The molecule has 0 aliphatic carbocycles. The number of carbonyl (C=O) groups is 1. The number of nitrogens with zero attached hydrogens (tertiary/aromatic N) is 2. The largest absolute Gasteiger partial charge is 0.481 e. The summed E-state index contributed by atoms with van der Waals surface area (Å²) in [7, 11) is 0. The predicted molar refractivity (Wildman–Crippen MR) is 38.7 cm³/mol. The Morgan fingerprint density at radius 3 is 3.00 bits per heavy atom. The number of hydrogen-bond donors (Lipinski definition) is 2. The first-order valence-electron chi connectivity index (χ1n) is 3.35. The van der Waals surface area contributed by atoms with Crippen LogP contribution in [0.15, 0.2) is 17.7 Å². The van der Waals surface area contributed by atoms with Gasteiger partial charge in [0, 0.05) is 5.18 Å². The summed E-state index contributed by atoms with van der Waals surface area (Å²) in [5.74, 6) is -0.676. The van der Waals surface area contributed by atoms with Crippen LogP contribution < -0.4 is 4.57 Å². The van der Waals surface area contributed by atoms with Crippen LogP contribution in [0.1, 0.15) is 6.42 Å². The van der Waals surface area contributed by atoms with Crippen LogP contribution in [0.5, 0.6) is 0 Å². The zero-order valence-electron chi connectivity index (χ0n) is 6.23. The number of aromatic amines is 1. The fraction of sp³-hybridized carbons (Fsp3) is 0.333. The summed E-state index contributed by atoms with van der Waals surface area (Å²) in [6.45, 7) is 0.335. The lowest BCUT2D eigenvalue weighted by atomic mass is 10.4. The van der Waals surface area contributed by atoms with E-state index in [1.807, 2.05) is 0 Å². The van der Waals surface area contributed by atoms with Crippen molar-refractivity contribution in [2.24, 2.45) is 5.18 Å². The molecule has 12 heavy (non-hydrogen) atoms. The molecule has 0 aliphatic rings. The molecule has 0 atom stereocenters. The maximum Gasteiger partial charge on any atom is 0.307 e. The lowest BCUT2D eigenvalue weighted by molar-refractivity contribution is -0.694. The van der Waals surface area contributed by atoms with Crippen molar-refractivity contribution in [2.45, 2.75) is 13.0 Å². The average molecular weight is 170 g/mol. The summed E-state index contributed by atoms with van der Waals surface area (Å²) < 4.78 is 1.56. The van der Waals surface area contributed by atoms with Gasteiger partial charge in [-0.25, -0.2) is 9.55 Å². The van der Waals surface area contributed by atoms with Gasteiger partial charge in [-0.2, -0.15) is 0 Å². The summed E-state index contributed by atoms with van der Waals surface area (Å²) in [6.07, 6.45) is 2.98.